The van der Waals surface area contributed by atoms with Gasteiger partial charge >= 0.3 is 0 Å². The number of hydrogen-bond acceptors (Lipinski definition) is 2. The van der Waals surface area contributed by atoms with Crippen molar-refractivity contribution in [3.8, 4) is 0 Å². The Bertz CT molecular complexity index is 199. The van der Waals surface area contributed by atoms with Gasteiger partial charge in [-0.2, -0.15) is 0 Å². The number of nitrogens with one attached hydrogen (secondary N) is 1. The van der Waals surface area contributed by atoms with Crippen LogP contribution in [0.2, 0.25) is 0 Å². The summed E-state index contributed by atoms with van der Waals surface area (Å²) in [6.07, 6.45) is 5.28. The molecule has 0 spiro atoms. The van der Waals surface area contributed by atoms with Gasteiger partial charge in [0.15, 0.2) is 0 Å². The number of nitrogens with zero attached hydrogens (tertiary/aromatic N) is 1. The summed E-state index contributed by atoms with van der Waals surface area (Å²) in [5.74, 6) is 1.71. The molecule has 0 amide bonds. The van der Waals surface area contributed by atoms with Gasteiger partial charge in [0.05, 0.1) is 0 Å². The SMILES string of the molecule is CCCN(CCC)C1C(C)CC(C)CC1NC. The molecule has 0 aromatic rings. The first-order valence-corrected chi connectivity index (χ1v) is 7.55. The van der Waals surface area contributed by atoms with Gasteiger partial charge < -0.3 is 5.32 Å². The maximum absolute atomic E-state index is 3.57. The third-order valence-corrected chi connectivity index (χ3v) is 4.24. The van der Waals surface area contributed by atoms with Gasteiger partial charge in [-0.15, -0.1) is 0 Å². The first-order valence-electron chi connectivity index (χ1n) is 7.55. The lowest BCUT2D eigenvalue weighted by Crippen LogP contribution is -2.56. The summed E-state index contributed by atoms with van der Waals surface area (Å²) in [6, 6.07) is 1.43. The van der Waals surface area contributed by atoms with Gasteiger partial charge in [-0.3, -0.25) is 4.90 Å². The quantitative estimate of drug-likeness (QED) is 0.767. The average molecular weight is 240 g/mol. The lowest BCUT2D eigenvalue weighted by Gasteiger charge is -2.46. The Morgan fingerprint density at radius 3 is 2.12 bits per heavy atom. The van der Waals surface area contributed by atoms with Crippen LogP contribution in [0.1, 0.15) is 53.4 Å². The lowest BCUT2D eigenvalue weighted by molar-refractivity contribution is 0.0638. The maximum atomic E-state index is 3.57. The van der Waals surface area contributed by atoms with Crippen molar-refractivity contribution in [1.29, 1.82) is 0 Å². The van der Waals surface area contributed by atoms with E-state index < -0.39 is 0 Å². The molecule has 1 N–H and O–H groups in total. The highest BCUT2D eigenvalue weighted by Gasteiger charge is 2.36. The fraction of sp³-hybridized carbons (Fsp3) is 1.00. The summed E-state index contributed by atoms with van der Waals surface area (Å²) >= 11 is 0. The lowest BCUT2D eigenvalue weighted by atomic mass is 9.75. The van der Waals surface area contributed by atoms with E-state index in [4.69, 9.17) is 0 Å². The van der Waals surface area contributed by atoms with Crippen LogP contribution in [-0.2, 0) is 0 Å². The highest BCUT2D eigenvalue weighted by Crippen LogP contribution is 2.32. The van der Waals surface area contributed by atoms with Crippen LogP contribution >= 0.6 is 0 Å². The van der Waals surface area contributed by atoms with Gasteiger partial charge in [0.1, 0.15) is 0 Å². The molecular formula is C15H32N2. The minimum atomic E-state index is 0.687. The Morgan fingerprint density at radius 1 is 1.06 bits per heavy atom. The molecule has 0 aliphatic heterocycles. The molecule has 1 aliphatic rings. The van der Waals surface area contributed by atoms with Crippen molar-refractivity contribution >= 4 is 0 Å². The van der Waals surface area contributed by atoms with Crippen LogP contribution in [-0.4, -0.2) is 37.1 Å². The van der Waals surface area contributed by atoms with Crippen molar-refractivity contribution in [2.24, 2.45) is 11.8 Å². The molecule has 4 unspecified atom stereocenters. The predicted octanol–water partition coefficient (Wildman–Crippen LogP) is 3.13. The van der Waals surface area contributed by atoms with Crippen molar-refractivity contribution in [1.82, 2.24) is 10.2 Å². The number of rotatable bonds is 6. The van der Waals surface area contributed by atoms with Crippen LogP contribution in [0.25, 0.3) is 0 Å². The molecule has 0 bridgehead atoms. The van der Waals surface area contributed by atoms with Crippen LogP contribution in [0.4, 0.5) is 0 Å². The minimum absolute atomic E-state index is 0.687. The van der Waals surface area contributed by atoms with Crippen LogP contribution in [0, 0.1) is 11.8 Å². The summed E-state index contributed by atoms with van der Waals surface area (Å²) in [7, 11) is 2.14. The molecule has 1 saturated carbocycles. The molecule has 1 fully saturated rings. The fourth-order valence-corrected chi connectivity index (χ4v) is 3.73. The Labute approximate surface area is 108 Å². The molecule has 0 aromatic carbocycles. The summed E-state index contributed by atoms with van der Waals surface area (Å²) < 4.78 is 0. The Morgan fingerprint density at radius 2 is 1.65 bits per heavy atom. The highest BCUT2D eigenvalue weighted by atomic mass is 15.2. The van der Waals surface area contributed by atoms with Crippen molar-refractivity contribution in [3.63, 3.8) is 0 Å². The van der Waals surface area contributed by atoms with Gasteiger partial charge in [-0.25, -0.2) is 0 Å². The van der Waals surface area contributed by atoms with E-state index in [-0.39, 0.29) is 0 Å². The third kappa shape index (κ3) is 3.96. The first-order chi connectivity index (χ1) is 8.13. The second-order valence-corrected chi connectivity index (χ2v) is 5.98. The predicted molar refractivity (Wildman–Crippen MR) is 76.4 cm³/mol. The highest BCUT2D eigenvalue weighted by molar-refractivity contribution is 4.93. The second-order valence-electron chi connectivity index (χ2n) is 5.98. The molecule has 1 aliphatic carbocycles. The largest absolute Gasteiger partial charge is 0.315 e. The van der Waals surface area contributed by atoms with E-state index in [0.29, 0.717) is 6.04 Å². The minimum Gasteiger partial charge on any atom is -0.315 e. The normalized spacial score (nSPS) is 34.2. The first kappa shape index (κ1) is 15.0. The number of likely N-dealkylation sites (N-methyl/N-ethyl adjacent to an activating group) is 1. The Hall–Kier alpha value is -0.0800. The molecule has 0 heterocycles. The standard InChI is InChI=1S/C15H32N2/c1-6-8-17(9-7-2)15-13(4)10-12(3)11-14(15)16-5/h12-16H,6-11H2,1-5H3. The summed E-state index contributed by atoms with van der Waals surface area (Å²) in [6.45, 7) is 12.0. The van der Waals surface area contributed by atoms with Gasteiger partial charge in [-0.1, -0.05) is 27.7 Å². The van der Waals surface area contributed by atoms with Crippen molar-refractivity contribution < 1.29 is 0 Å². The van der Waals surface area contributed by atoms with Crippen LogP contribution in [0.5, 0.6) is 0 Å². The van der Waals surface area contributed by atoms with Crippen molar-refractivity contribution in [2.75, 3.05) is 20.1 Å². The molecule has 4 atom stereocenters. The van der Waals surface area contributed by atoms with Gasteiger partial charge in [0, 0.05) is 12.1 Å². The second kappa shape index (κ2) is 7.38. The molecule has 102 valence electrons. The van der Waals surface area contributed by atoms with Crippen LogP contribution < -0.4 is 5.32 Å². The monoisotopic (exact) mass is 240 g/mol. The molecule has 17 heavy (non-hydrogen) atoms. The van der Waals surface area contributed by atoms with E-state index in [1.54, 1.807) is 0 Å². The van der Waals surface area contributed by atoms with Crippen LogP contribution in [0.3, 0.4) is 0 Å². The molecule has 0 radical (unpaired) electrons. The van der Waals surface area contributed by atoms with E-state index >= 15 is 0 Å². The summed E-state index contributed by atoms with van der Waals surface area (Å²) in [5.41, 5.74) is 0. The zero-order chi connectivity index (χ0) is 12.8. The van der Waals surface area contributed by atoms with E-state index in [9.17, 15) is 0 Å². The summed E-state index contributed by atoms with van der Waals surface area (Å²) in [4.78, 5) is 2.73. The number of hydrogen-bond donors (Lipinski definition) is 1. The molecule has 0 saturated heterocycles. The van der Waals surface area contributed by atoms with E-state index in [1.807, 2.05) is 0 Å². The van der Waals surface area contributed by atoms with Crippen molar-refractivity contribution in [2.45, 2.75) is 65.5 Å². The average Bonchev–Trinajstić information content (AvgIpc) is 2.28. The fourth-order valence-electron chi connectivity index (χ4n) is 3.73. The third-order valence-electron chi connectivity index (χ3n) is 4.24. The zero-order valence-corrected chi connectivity index (χ0v) is 12.5. The Kier molecular flexibility index (Phi) is 6.50. The van der Waals surface area contributed by atoms with Gasteiger partial charge in [0.25, 0.3) is 0 Å². The molecule has 0 aromatic heterocycles. The van der Waals surface area contributed by atoms with Gasteiger partial charge in [-0.05, 0) is 57.7 Å². The molecule has 2 nitrogen and oxygen atoms in total. The van der Waals surface area contributed by atoms with E-state index in [2.05, 4.69) is 45.0 Å². The molecule has 1 rings (SSSR count). The molecule has 2 heteroatoms. The summed E-state index contributed by atoms with van der Waals surface area (Å²) in [5, 5.41) is 3.57. The Balaban J connectivity index is 2.73. The van der Waals surface area contributed by atoms with E-state index in [1.165, 1.54) is 38.8 Å². The van der Waals surface area contributed by atoms with Crippen LogP contribution in [0.15, 0.2) is 0 Å². The maximum Gasteiger partial charge on any atom is 0.0274 e. The molecular weight excluding hydrogens is 208 g/mol. The van der Waals surface area contributed by atoms with Crippen molar-refractivity contribution in [3.05, 3.63) is 0 Å². The zero-order valence-electron chi connectivity index (χ0n) is 12.5. The smallest absolute Gasteiger partial charge is 0.0274 e. The van der Waals surface area contributed by atoms with Gasteiger partial charge in [0.2, 0.25) is 0 Å². The van der Waals surface area contributed by atoms with E-state index in [0.717, 1.165) is 17.9 Å². The topological polar surface area (TPSA) is 15.3 Å².